The Balaban J connectivity index is 1.70. The van der Waals surface area contributed by atoms with E-state index in [4.69, 9.17) is 10.5 Å². The molecule has 210 valence electrons. The molecular weight excluding hydrogens is 512 g/mol. The highest BCUT2D eigenvalue weighted by Gasteiger charge is 2.24. The fourth-order valence-electron chi connectivity index (χ4n) is 4.76. The van der Waals surface area contributed by atoms with E-state index in [2.05, 4.69) is 45.0 Å². The van der Waals surface area contributed by atoms with Gasteiger partial charge in [0.2, 0.25) is 5.95 Å². The van der Waals surface area contributed by atoms with Crippen molar-refractivity contribution in [2.45, 2.75) is 76.6 Å². The van der Waals surface area contributed by atoms with E-state index in [1.54, 1.807) is 45.0 Å². The molecule has 1 aliphatic heterocycles. The summed E-state index contributed by atoms with van der Waals surface area (Å²) in [6.07, 6.45) is 2.17. The van der Waals surface area contributed by atoms with Crippen LogP contribution in [0.1, 0.15) is 63.1 Å². The predicted molar refractivity (Wildman–Crippen MR) is 158 cm³/mol. The smallest absolute Gasteiger partial charge is 0.231 e. The van der Waals surface area contributed by atoms with Crippen molar-refractivity contribution < 1.29 is 13.2 Å². The van der Waals surface area contributed by atoms with Gasteiger partial charge in [-0.1, -0.05) is 12.1 Å². The molecule has 1 aliphatic rings. The SMILES string of the molecule is Cc1cc(Nc2nc(N)c(C)c(Nc3ccccc3S(=O)(=O)C(C)C)n2)c(OC(C)C)cc1C1CCNCC1. The van der Waals surface area contributed by atoms with E-state index in [1.165, 1.54) is 11.1 Å². The van der Waals surface area contributed by atoms with Crippen LogP contribution in [0.2, 0.25) is 0 Å². The van der Waals surface area contributed by atoms with Crippen LogP contribution in [0.5, 0.6) is 5.75 Å². The van der Waals surface area contributed by atoms with Crippen LogP contribution in [0, 0.1) is 13.8 Å². The number of nitrogens with zero attached hydrogens (tertiary/aromatic N) is 2. The number of rotatable bonds is 9. The Kier molecular flexibility index (Phi) is 8.66. The summed E-state index contributed by atoms with van der Waals surface area (Å²) in [4.78, 5) is 9.36. The minimum Gasteiger partial charge on any atom is -0.489 e. The number of nitrogens with one attached hydrogen (secondary N) is 3. The van der Waals surface area contributed by atoms with Crippen molar-refractivity contribution in [3.05, 3.63) is 53.1 Å². The predicted octanol–water partition coefficient (Wildman–Crippen LogP) is 5.60. The number of anilines is 5. The molecule has 0 amide bonds. The normalized spacial score (nSPS) is 14.6. The van der Waals surface area contributed by atoms with E-state index in [9.17, 15) is 8.42 Å². The molecule has 5 N–H and O–H groups in total. The summed E-state index contributed by atoms with van der Waals surface area (Å²) in [6.45, 7) is 13.3. The van der Waals surface area contributed by atoms with Gasteiger partial charge in [0.15, 0.2) is 9.84 Å². The molecule has 0 atom stereocenters. The summed E-state index contributed by atoms with van der Waals surface area (Å²) in [5.74, 6) is 2.21. The molecule has 1 aromatic heterocycles. The van der Waals surface area contributed by atoms with E-state index in [-0.39, 0.29) is 22.8 Å². The molecule has 9 nitrogen and oxygen atoms in total. The first-order valence-corrected chi connectivity index (χ1v) is 15.0. The minimum absolute atomic E-state index is 0.0187. The van der Waals surface area contributed by atoms with Crippen LogP contribution in [0.15, 0.2) is 41.3 Å². The summed E-state index contributed by atoms with van der Waals surface area (Å²) in [5, 5.41) is 9.37. The zero-order valence-electron chi connectivity index (χ0n) is 23.6. The molecule has 2 heterocycles. The number of ether oxygens (including phenoxy) is 1. The third-order valence-electron chi connectivity index (χ3n) is 7.01. The van der Waals surface area contributed by atoms with Crippen molar-refractivity contribution in [2.75, 3.05) is 29.5 Å². The molecule has 0 bridgehead atoms. The average molecular weight is 553 g/mol. The van der Waals surface area contributed by atoms with Crippen LogP contribution < -0.4 is 26.4 Å². The van der Waals surface area contributed by atoms with Crippen molar-refractivity contribution >= 4 is 38.8 Å². The van der Waals surface area contributed by atoms with Crippen LogP contribution >= 0.6 is 0 Å². The van der Waals surface area contributed by atoms with Gasteiger partial charge in [-0.05, 0) is 109 Å². The van der Waals surface area contributed by atoms with Crippen LogP contribution in [-0.2, 0) is 9.84 Å². The van der Waals surface area contributed by atoms with Gasteiger partial charge in [0.05, 0.1) is 27.6 Å². The number of nitrogens with two attached hydrogens (primary N) is 1. The van der Waals surface area contributed by atoms with Crippen LogP contribution in [0.3, 0.4) is 0 Å². The third kappa shape index (κ3) is 6.45. The molecule has 2 aromatic carbocycles. The molecule has 0 radical (unpaired) electrons. The highest BCUT2D eigenvalue weighted by molar-refractivity contribution is 7.92. The monoisotopic (exact) mass is 552 g/mol. The molecule has 1 saturated heterocycles. The number of benzene rings is 2. The number of hydrogen-bond donors (Lipinski definition) is 4. The number of nitrogen functional groups attached to an aromatic ring is 1. The topological polar surface area (TPSA) is 131 Å². The van der Waals surface area contributed by atoms with Crippen molar-refractivity contribution in [1.29, 1.82) is 0 Å². The van der Waals surface area contributed by atoms with E-state index >= 15 is 0 Å². The van der Waals surface area contributed by atoms with Crippen LogP contribution in [0.4, 0.5) is 29.0 Å². The molecule has 39 heavy (non-hydrogen) atoms. The number of sulfone groups is 1. The second-order valence-corrected chi connectivity index (χ2v) is 13.1. The lowest BCUT2D eigenvalue weighted by atomic mass is 9.87. The first kappa shape index (κ1) is 28.6. The van der Waals surface area contributed by atoms with Gasteiger partial charge in [0.25, 0.3) is 0 Å². The van der Waals surface area contributed by atoms with Gasteiger partial charge in [-0.25, -0.2) is 8.42 Å². The zero-order chi connectivity index (χ0) is 28.3. The molecular formula is C29H40N6O3S. The lowest BCUT2D eigenvalue weighted by Crippen LogP contribution is -2.27. The largest absolute Gasteiger partial charge is 0.489 e. The second-order valence-electron chi connectivity index (χ2n) is 10.6. The van der Waals surface area contributed by atoms with Gasteiger partial charge in [-0.2, -0.15) is 9.97 Å². The molecule has 3 aromatic rings. The van der Waals surface area contributed by atoms with E-state index in [0.717, 1.165) is 37.4 Å². The fourth-order valence-corrected chi connectivity index (χ4v) is 5.96. The summed E-state index contributed by atoms with van der Waals surface area (Å²) in [6, 6.07) is 11.0. The summed E-state index contributed by atoms with van der Waals surface area (Å²) >= 11 is 0. The van der Waals surface area contributed by atoms with Gasteiger partial charge < -0.3 is 26.4 Å². The standard InChI is InChI=1S/C29H40N6O3S/c1-17(2)38-25-16-22(21-11-13-31-14-12-21)19(5)15-24(25)33-29-34-27(30)20(6)28(35-29)32-23-9-7-8-10-26(23)39(36,37)18(3)4/h7-10,15-18,21,31H,11-14H2,1-6H3,(H4,30,32,33,34,35). The number of hydrogen-bond acceptors (Lipinski definition) is 9. The Hall–Kier alpha value is -3.37. The Morgan fingerprint density at radius 3 is 2.36 bits per heavy atom. The van der Waals surface area contributed by atoms with Crippen molar-refractivity contribution in [3.8, 4) is 5.75 Å². The maximum atomic E-state index is 13.0. The maximum Gasteiger partial charge on any atom is 0.231 e. The van der Waals surface area contributed by atoms with Crippen LogP contribution in [-0.4, -0.2) is 42.8 Å². The number of piperidine rings is 1. The first-order chi connectivity index (χ1) is 18.5. The lowest BCUT2D eigenvalue weighted by molar-refractivity contribution is 0.243. The molecule has 0 aliphatic carbocycles. The summed E-state index contributed by atoms with van der Waals surface area (Å²) in [5.41, 5.74) is 10.6. The van der Waals surface area contributed by atoms with Gasteiger partial charge in [-0.3, -0.25) is 0 Å². The van der Waals surface area contributed by atoms with Crippen molar-refractivity contribution in [2.24, 2.45) is 0 Å². The first-order valence-electron chi connectivity index (χ1n) is 13.5. The van der Waals surface area contributed by atoms with Crippen LogP contribution in [0.25, 0.3) is 0 Å². The fraction of sp³-hybridized carbons (Fsp3) is 0.448. The molecule has 0 saturated carbocycles. The number of para-hydroxylation sites is 1. The molecule has 4 rings (SSSR count). The highest BCUT2D eigenvalue weighted by atomic mass is 32.2. The number of aryl methyl sites for hydroxylation is 1. The Labute approximate surface area is 231 Å². The van der Waals surface area contributed by atoms with Gasteiger partial charge in [0, 0.05) is 5.56 Å². The second kappa shape index (κ2) is 11.8. The zero-order valence-corrected chi connectivity index (χ0v) is 24.4. The Morgan fingerprint density at radius 2 is 1.69 bits per heavy atom. The lowest BCUT2D eigenvalue weighted by Gasteiger charge is -2.26. The molecule has 1 fully saturated rings. The Bertz CT molecular complexity index is 1430. The quantitative estimate of drug-likeness (QED) is 0.268. The summed E-state index contributed by atoms with van der Waals surface area (Å²) < 4.78 is 32.2. The van der Waals surface area contributed by atoms with Gasteiger partial charge in [-0.15, -0.1) is 0 Å². The molecule has 0 unspecified atom stereocenters. The summed E-state index contributed by atoms with van der Waals surface area (Å²) in [7, 11) is -3.52. The molecule has 10 heteroatoms. The van der Waals surface area contributed by atoms with Crippen molar-refractivity contribution in [1.82, 2.24) is 15.3 Å². The van der Waals surface area contributed by atoms with E-state index in [1.807, 2.05) is 13.8 Å². The minimum atomic E-state index is -3.52. The average Bonchev–Trinajstić information content (AvgIpc) is 2.89. The third-order valence-corrected chi connectivity index (χ3v) is 9.22. The van der Waals surface area contributed by atoms with Crippen molar-refractivity contribution in [3.63, 3.8) is 0 Å². The van der Waals surface area contributed by atoms with E-state index in [0.29, 0.717) is 23.0 Å². The highest BCUT2D eigenvalue weighted by Crippen LogP contribution is 2.38. The maximum absolute atomic E-state index is 13.0. The van der Waals surface area contributed by atoms with E-state index < -0.39 is 15.1 Å². The van der Waals surface area contributed by atoms with Gasteiger partial charge >= 0.3 is 0 Å². The number of aromatic nitrogens is 2. The molecule has 0 spiro atoms. The Morgan fingerprint density at radius 1 is 1.00 bits per heavy atom. The van der Waals surface area contributed by atoms with Gasteiger partial charge in [0.1, 0.15) is 17.4 Å².